The molecular formula is C8H13BrN4O. The van der Waals surface area contributed by atoms with Crippen LogP contribution in [0.1, 0.15) is 6.92 Å². The molecule has 0 radical (unpaired) electrons. The number of nitrogen functional groups attached to an aromatic ring is 1. The predicted molar refractivity (Wildman–Crippen MR) is 59.1 cm³/mol. The fourth-order valence-corrected chi connectivity index (χ4v) is 1.48. The quantitative estimate of drug-likeness (QED) is 0.778. The van der Waals surface area contributed by atoms with Gasteiger partial charge >= 0.3 is 0 Å². The maximum atomic E-state index is 8.83. The Balaban J connectivity index is 2.91. The first-order valence-corrected chi connectivity index (χ1v) is 5.12. The summed E-state index contributed by atoms with van der Waals surface area (Å²) < 4.78 is 0.649. The molecule has 1 heterocycles. The second-order valence-corrected chi connectivity index (χ2v) is 3.53. The molecule has 5 nitrogen and oxygen atoms in total. The number of hydrogen-bond donors (Lipinski definition) is 2. The van der Waals surface area contributed by atoms with Crippen LogP contribution in [0.2, 0.25) is 0 Å². The second kappa shape index (κ2) is 5.11. The Morgan fingerprint density at radius 1 is 1.57 bits per heavy atom. The molecule has 0 atom stereocenters. The summed E-state index contributed by atoms with van der Waals surface area (Å²) in [6, 6.07) is 1.64. The zero-order valence-corrected chi connectivity index (χ0v) is 9.53. The molecule has 0 aliphatic rings. The number of aliphatic hydroxyl groups is 1. The molecule has 1 aromatic rings. The molecule has 0 aliphatic carbocycles. The van der Waals surface area contributed by atoms with E-state index in [1.165, 1.54) is 0 Å². The van der Waals surface area contributed by atoms with Crippen LogP contribution in [0.15, 0.2) is 10.7 Å². The Labute approximate surface area is 91.1 Å². The van der Waals surface area contributed by atoms with Gasteiger partial charge in [-0.05, 0) is 22.9 Å². The zero-order valence-electron chi connectivity index (χ0n) is 7.94. The van der Waals surface area contributed by atoms with Crippen molar-refractivity contribution in [1.29, 1.82) is 0 Å². The summed E-state index contributed by atoms with van der Waals surface area (Å²) in [5.74, 6) is 0.951. The number of likely N-dealkylation sites (N-methyl/N-ethyl adjacent to an activating group) is 1. The van der Waals surface area contributed by atoms with E-state index in [2.05, 4.69) is 25.9 Å². The number of nitrogens with zero attached hydrogens (tertiary/aromatic N) is 3. The van der Waals surface area contributed by atoms with Gasteiger partial charge in [0.25, 0.3) is 0 Å². The van der Waals surface area contributed by atoms with E-state index < -0.39 is 0 Å². The van der Waals surface area contributed by atoms with Crippen LogP contribution in [0, 0.1) is 0 Å². The summed E-state index contributed by atoms with van der Waals surface area (Å²) in [5, 5.41) is 8.83. The van der Waals surface area contributed by atoms with E-state index in [-0.39, 0.29) is 6.61 Å². The van der Waals surface area contributed by atoms with Gasteiger partial charge in [-0.15, -0.1) is 0 Å². The van der Waals surface area contributed by atoms with E-state index in [0.29, 0.717) is 22.9 Å². The highest BCUT2D eigenvalue weighted by Gasteiger charge is 2.08. The maximum Gasteiger partial charge on any atom is 0.228 e. The van der Waals surface area contributed by atoms with E-state index in [1.54, 1.807) is 6.07 Å². The van der Waals surface area contributed by atoms with Crippen molar-refractivity contribution in [2.45, 2.75) is 6.92 Å². The van der Waals surface area contributed by atoms with Crippen LogP contribution >= 0.6 is 15.9 Å². The summed E-state index contributed by atoms with van der Waals surface area (Å²) in [5.41, 5.74) is 5.58. The first kappa shape index (κ1) is 11.2. The van der Waals surface area contributed by atoms with Gasteiger partial charge in [0.1, 0.15) is 10.4 Å². The minimum atomic E-state index is 0.0730. The maximum absolute atomic E-state index is 8.83. The van der Waals surface area contributed by atoms with Gasteiger partial charge in [-0.3, -0.25) is 0 Å². The van der Waals surface area contributed by atoms with E-state index in [9.17, 15) is 0 Å². The molecule has 78 valence electrons. The van der Waals surface area contributed by atoms with Gasteiger partial charge in [0.15, 0.2) is 0 Å². The van der Waals surface area contributed by atoms with Gasteiger partial charge < -0.3 is 15.7 Å². The number of anilines is 2. The number of nitrogens with two attached hydrogens (primary N) is 1. The molecular weight excluding hydrogens is 248 g/mol. The third-order valence-corrected chi connectivity index (χ3v) is 2.14. The van der Waals surface area contributed by atoms with Crippen molar-refractivity contribution in [3.63, 3.8) is 0 Å². The van der Waals surface area contributed by atoms with Crippen molar-refractivity contribution in [2.75, 3.05) is 30.3 Å². The third-order valence-electron chi connectivity index (χ3n) is 1.74. The number of aliphatic hydroxyl groups excluding tert-OH is 1. The molecule has 14 heavy (non-hydrogen) atoms. The van der Waals surface area contributed by atoms with E-state index in [0.717, 1.165) is 6.54 Å². The topological polar surface area (TPSA) is 75.3 Å². The number of hydrogen-bond acceptors (Lipinski definition) is 5. The molecule has 0 fully saturated rings. The van der Waals surface area contributed by atoms with Crippen LogP contribution in [-0.2, 0) is 0 Å². The Morgan fingerprint density at radius 3 is 2.79 bits per heavy atom. The van der Waals surface area contributed by atoms with Crippen LogP contribution in [0.5, 0.6) is 0 Å². The molecule has 0 bridgehead atoms. The largest absolute Gasteiger partial charge is 0.395 e. The summed E-state index contributed by atoms with van der Waals surface area (Å²) in [4.78, 5) is 10.1. The van der Waals surface area contributed by atoms with Gasteiger partial charge in [0, 0.05) is 19.2 Å². The molecule has 0 aromatic carbocycles. The summed E-state index contributed by atoms with van der Waals surface area (Å²) in [7, 11) is 0. The summed E-state index contributed by atoms with van der Waals surface area (Å²) >= 11 is 3.24. The molecule has 0 unspecified atom stereocenters. The summed E-state index contributed by atoms with van der Waals surface area (Å²) in [6.07, 6.45) is 0. The van der Waals surface area contributed by atoms with Crippen LogP contribution in [0.3, 0.4) is 0 Å². The van der Waals surface area contributed by atoms with E-state index >= 15 is 0 Å². The SMILES string of the molecule is CCN(CCO)c1nc(N)cc(Br)n1. The first-order valence-electron chi connectivity index (χ1n) is 4.33. The van der Waals surface area contributed by atoms with Crippen LogP contribution in [0.25, 0.3) is 0 Å². The molecule has 0 saturated heterocycles. The zero-order chi connectivity index (χ0) is 10.6. The highest BCUT2D eigenvalue weighted by Crippen LogP contribution is 2.15. The third kappa shape index (κ3) is 2.81. The van der Waals surface area contributed by atoms with Gasteiger partial charge in [0.05, 0.1) is 6.61 Å². The molecule has 0 aliphatic heterocycles. The lowest BCUT2D eigenvalue weighted by Gasteiger charge is -2.19. The van der Waals surface area contributed by atoms with Crippen molar-refractivity contribution < 1.29 is 5.11 Å². The lowest BCUT2D eigenvalue weighted by atomic mass is 10.5. The van der Waals surface area contributed by atoms with Gasteiger partial charge in [-0.2, -0.15) is 4.98 Å². The molecule has 6 heteroatoms. The lowest BCUT2D eigenvalue weighted by molar-refractivity contribution is 0.301. The molecule has 1 rings (SSSR count). The second-order valence-electron chi connectivity index (χ2n) is 2.72. The fraction of sp³-hybridized carbons (Fsp3) is 0.500. The number of halogens is 1. The van der Waals surface area contributed by atoms with E-state index in [1.807, 2.05) is 11.8 Å². The number of rotatable bonds is 4. The van der Waals surface area contributed by atoms with Crippen LogP contribution in [0.4, 0.5) is 11.8 Å². The average Bonchev–Trinajstić information content (AvgIpc) is 2.12. The molecule has 0 amide bonds. The Morgan fingerprint density at radius 2 is 2.29 bits per heavy atom. The van der Waals surface area contributed by atoms with Crippen LogP contribution in [-0.4, -0.2) is 34.8 Å². The van der Waals surface area contributed by atoms with Crippen molar-refractivity contribution in [3.8, 4) is 0 Å². The minimum absolute atomic E-state index is 0.0730. The predicted octanol–water partition coefficient (Wildman–Crippen LogP) is 0.640. The Hall–Kier alpha value is -0.880. The molecule has 0 saturated carbocycles. The van der Waals surface area contributed by atoms with Gasteiger partial charge in [-0.1, -0.05) is 0 Å². The standard InChI is InChI=1S/C8H13BrN4O/c1-2-13(3-4-14)8-11-6(9)5-7(10)12-8/h5,14H,2-4H2,1H3,(H2,10,11,12). The van der Waals surface area contributed by atoms with Crippen molar-refractivity contribution in [2.24, 2.45) is 0 Å². The number of aromatic nitrogens is 2. The van der Waals surface area contributed by atoms with E-state index in [4.69, 9.17) is 10.8 Å². The van der Waals surface area contributed by atoms with Crippen LogP contribution < -0.4 is 10.6 Å². The summed E-state index contributed by atoms with van der Waals surface area (Å²) in [6.45, 7) is 3.28. The molecule has 1 aromatic heterocycles. The monoisotopic (exact) mass is 260 g/mol. The molecule has 0 spiro atoms. The normalized spacial score (nSPS) is 10.2. The first-order chi connectivity index (χ1) is 6.67. The van der Waals surface area contributed by atoms with Crippen molar-refractivity contribution >= 4 is 27.7 Å². The van der Waals surface area contributed by atoms with Crippen molar-refractivity contribution in [3.05, 3.63) is 10.7 Å². The highest BCUT2D eigenvalue weighted by atomic mass is 79.9. The minimum Gasteiger partial charge on any atom is -0.395 e. The van der Waals surface area contributed by atoms with Crippen molar-refractivity contribution in [1.82, 2.24) is 9.97 Å². The van der Waals surface area contributed by atoms with Gasteiger partial charge in [0.2, 0.25) is 5.95 Å². The van der Waals surface area contributed by atoms with Gasteiger partial charge in [-0.25, -0.2) is 4.98 Å². The highest BCUT2D eigenvalue weighted by molar-refractivity contribution is 9.10. The smallest absolute Gasteiger partial charge is 0.228 e. The Kier molecular flexibility index (Phi) is 4.09. The Bertz CT molecular complexity index is 287. The fourth-order valence-electron chi connectivity index (χ4n) is 1.08. The lowest BCUT2D eigenvalue weighted by Crippen LogP contribution is -2.28. The molecule has 3 N–H and O–H groups in total. The average molecular weight is 261 g/mol.